The van der Waals surface area contributed by atoms with Crippen molar-refractivity contribution in [3.63, 3.8) is 0 Å². The molecule has 0 heterocycles. The molecule has 0 atom stereocenters. The molecule has 0 radical (unpaired) electrons. The van der Waals surface area contributed by atoms with E-state index in [2.05, 4.69) is 32.1 Å². The molecule has 3 aromatic rings. The Bertz CT molecular complexity index is 826. The number of aromatic hydroxyl groups is 1. The zero-order valence-corrected chi connectivity index (χ0v) is 12.9. The smallest absolute Gasteiger partial charge is 0.161 e. The van der Waals surface area contributed by atoms with Crippen molar-refractivity contribution in [1.29, 1.82) is 0 Å². The molecule has 0 aliphatic carbocycles. The molecule has 3 aromatic carbocycles. The van der Waals surface area contributed by atoms with Crippen LogP contribution in [-0.4, -0.2) is 27.2 Å². The minimum Gasteiger partial charge on any atom is -0.508 e. The molecule has 0 aromatic heterocycles. The molecule has 0 spiro atoms. The molecule has 0 aliphatic rings. The first-order valence-corrected chi connectivity index (χ1v) is 7.08. The van der Waals surface area contributed by atoms with Crippen LogP contribution in [0.15, 0.2) is 48.5 Å². The van der Waals surface area contributed by atoms with E-state index in [9.17, 15) is 5.11 Å². The van der Waals surface area contributed by atoms with Crippen molar-refractivity contribution >= 4 is 24.1 Å². The first-order chi connectivity index (χ1) is 10.6. The zero-order valence-electron chi connectivity index (χ0n) is 12.9. The molecule has 0 aliphatic heterocycles. The summed E-state index contributed by atoms with van der Waals surface area (Å²) < 4.78 is 10.7. The maximum atomic E-state index is 10.0. The molecular formula is C18H17BO3. The fraction of sp³-hybridized carbons (Fsp3) is 0.111. The van der Waals surface area contributed by atoms with Crippen LogP contribution in [0, 0.1) is 0 Å². The van der Waals surface area contributed by atoms with Crippen molar-refractivity contribution in [3.8, 4) is 28.4 Å². The molecule has 110 valence electrons. The highest BCUT2D eigenvalue weighted by Crippen LogP contribution is 2.39. The predicted octanol–water partition coefficient (Wildman–Crippen LogP) is 2.49. The Hall–Kier alpha value is -2.62. The van der Waals surface area contributed by atoms with Crippen LogP contribution in [-0.2, 0) is 0 Å². The van der Waals surface area contributed by atoms with Crippen molar-refractivity contribution in [2.75, 3.05) is 14.2 Å². The molecule has 0 saturated carbocycles. The lowest BCUT2D eigenvalue weighted by atomic mass is 9.92. The average Bonchev–Trinajstić information content (AvgIpc) is 2.53. The molecule has 3 rings (SSSR count). The number of ether oxygens (including phenoxy) is 2. The Balaban J connectivity index is 2.31. The molecular weight excluding hydrogens is 275 g/mol. The minimum absolute atomic E-state index is 0.232. The van der Waals surface area contributed by atoms with Gasteiger partial charge in [-0.15, -0.1) is 0 Å². The summed E-state index contributed by atoms with van der Waals surface area (Å²) in [5, 5.41) is 12.0. The van der Waals surface area contributed by atoms with Gasteiger partial charge in [0.25, 0.3) is 0 Å². The number of benzene rings is 3. The normalized spacial score (nSPS) is 10.6. The van der Waals surface area contributed by atoms with Gasteiger partial charge >= 0.3 is 0 Å². The van der Waals surface area contributed by atoms with Gasteiger partial charge in [0, 0.05) is 0 Å². The predicted molar refractivity (Wildman–Crippen MR) is 92.3 cm³/mol. The monoisotopic (exact) mass is 292 g/mol. The van der Waals surface area contributed by atoms with Crippen molar-refractivity contribution in [1.82, 2.24) is 0 Å². The van der Waals surface area contributed by atoms with Gasteiger partial charge in [-0.1, -0.05) is 29.7 Å². The van der Waals surface area contributed by atoms with Gasteiger partial charge < -0.3 is 14.6 Å². The average molecular weight is 292 g/mol. The summed E-state index contributed by atoms with van der Waals surface area (Å²) in [6.45, 7) is 0. The molecule has 22 heavy (non-hydrogen) atoms. The maximum Gasteiger partial charge on any atom is 0.161 e. The summed E-state index contributed by atoms with van der Waals surface area (Å²) in [6, 6.07) is 15.6. The van der Waals surface area contributed by atoms with Crippen LogP contribution in [0.2, 0.25) is 0 Å². The summed E-state index contributed by atoms with van der Waals surface area (Å²) in [7, 11) is 5.28. The summed E-state index contributed by atoms with van der Waals surface area (Å²) in [4.78, 5) is 0. The second kappa shape index (κ2) is 5.64. The SMILES string of the molecule is Bc1ccc(-c2cc(O)cc3cc(OC)c(OC)cc23)cc1. The van der Waals surface area contributed by atoms with Gasteiger partial charge in [0.05, 0.1) is 14.2 Å². The van der Waals surface area contributed by atoms with E-state index in [4.69, 9.17) is 9.47 Å². The van der Waals surface area contributed by atoms with Crippen LogP contribution in [0.4, 0.5) is 0 Å². The summed E-state index contributed by atoms with van der Waals surface area (Å²) in [5.41, 5.74) is 3.22. The Morgan fingerprint density at radius 3 is 2.14 bits per heavy atom. The topological polar surface area (TPSA) is 38.7 Å². The molecule has 1 N–H and O–H groups in total. The largest absolute Gasteiger partial charge is 0.508 e. The van der Waals surface area contributed by atoms with Crippen LogP contribution < -0.4 is 14.9 Å². The van der Waals surface area contributed by atoms with Gasteiger partial charge in [-0.2, -0.15) is 0 Å². The fourth-order valence-electron chi connectivity index (χ4n) is 2.65. The van der Waals surface area contributed by atoms with Gasteiger partial charge in [-0.05, 0) is 46.2 Å². The quantitative estimate of drug-likeness (QED) is 0.754. The third kappa shape index (κ3) is 2.48. The number of phenolic OH excluding ortho intramolecular Hbond substituents is 1. The molecule has 0 fully saturated rings. The molecule has 0 unspecified atom stereocenters. The summed E-state index contributed by atoms with van der Waals surface area (Å²) in [5.74, 6) is 1.56. The van der Waals surface area contributed by atoms with E-state index in [1.54, 1.807) is 26.4 Å². The first kappa shape index (κ1) is 14.3. The van der Waals surface area contributed by atoms with E-state index >= 15 is 0 Å². The molecule has 0 bridgehead atoms. The van der Waals surface area contributed by atoms with Gasteiger partial charge in [-0.25, -0.2) is 0 Å². The van der Waals surface area contributed by atoms with Gasteiger partial charge in [0.1, 0.15) is 13.6 Å². The van der Waals surface area contributed by atoms with Crippen molar-refractivity contribution < 1.29 is 14.6 Å². The van der Waals surface area contributed by atoms with Crippen molar-refractivity contribution in [2.45, 2.75) is 0 Å². The van der Waals surface area contributed by atoms with Crippen LogP contribution in [0.3, 0.4) is 0 Å². The highest BCUT2D eigenvalue weighted by Gasteiger charge is 2.11. The van der Waals surface area contributed by atoms with E-state index in [1.807, 2.05) is 12.1 Å². The maximum absolute atomic E-state index is 10.0. The summed E-state index contributed by atoms with van der Waals surface area (Å²) in [6.07, 6.45) is 0. The second-order valence-electron chi connectivity index (χ2n) is 5.29. The highest BCUT2D eigenvalue weighted by molar-refractivity contribution is 6.32. The third-order valence-corrected chi connectivity index (χ3v) is 3.80. The Morgan fingerprint density at radius 2 is 1.50 bits per heavy atom. The lowest BCUT2D eigenvalue weighted by Crippen LogP contribution is -1.99. The van der Waals surface area contributed by atoms with Gasteiger partial charge in [0.2, 0.25) is 0 Å². The van der Waals surface area contributed by atoms with E-state index in [0.29, 0.717) is 11.5 Å². The van der Waals surface area contributed by atoms with Crippen molar-refractivity contribution in [3.05, 3.63) is 48.5 Å². The molecule has 3 nitrogen and oxygen atoms in total. The van der Waals surface area contributed by atoms with Gasteiger partial charge in [-0.3, -0.25) is 0 Å². The number of fused-ring (bicyclic) bond motifs is 1. The molecule has 0 amide bonds. The third-order valence-electron chi connectivity index (χ3n) is 3.80. The van der Waals surface area contributed by atoms with E-state index in [1.165, 1.54) is 5.46 Å². The number of rotatable bonds is 3. The first-order valence-electron chi connectivity index (χ1n) is 7.08. The van der Waals surface area contributed by atoms with Gasteiger partial charge in [0.15, 0.2) is 11.5 Å². The Morgan fingerprint density at radius 1 is 0.864 bits per heavy atom. The Labute approximate surface area is 130 Å². The van der Waals surface area contributed by atoms with Crippen LogP contribution in [0.1, 0.15) is 0 Å². The number of phenols is 1. The number of hydrogen-bond donors (Lipinski definition) is 1. The van der Waals surface area contributed by atoms with Crippen LogP contribution in [0.5, 0.6) is 17.2 Å². The van der Waals surface area contributed by atoms with E-state index in [0.717, 1.165) is 21.9 Å². The van der Waals surface area contributed by atoms with Crippen LogP contribution >= 0.6 is 0 Å². The zero-order chi connectivity index (χ0) is 15.7. The van der Waals surface area contributed by atoms with E-state index in [-0.39, 0.29) is 5.75 Å². The van der Waals surface area contributed by atoms with Crippen LogP contribution in [0.25, 0.3) is 21.9 Å². The van der Waals surface area contributed by atoms with E-state index < -0.39 is 0 Å². The lowest BCUT2D eigenvalue weighted by Gasteiger charge is -2.13. The Kier molecular flexibility index (Phi) is 3.67. The fourth-order valence-corrected chi connectivity index (χ4v) is 2.65. The minimum atomic E-state index is 0.232. The standard InChI is InChI=1S/C18H17BO3/c1-21-17-8-12-7-14(20)9-15(16(12)10-18(17)22-2)11-3-5-13(19)6-4-11/h3-10,20H,19H2,1-2H3. The number of hydrogen-bond acceptors (Lipinski definition) is 3. The second-order valence-corrected chi connectivity index (χ2v) is 5.29. The molecule has 0 saturated heterocycles. The highest BCUT2D eigenvalue weighted by atomic mass is 16.5. The molecule has 4 heteroatoms. The lowest BCUT2D eigenvalue weighted by molar-refractivity contribution is 0.356. The summed E-state index contributed by atoms with van der Waals surface area (Å²) >= 11 is 0. The van der Waals surface area contributed by atoms with Crippen molar-refractivity contribution in [2.24, 2.45) is 0 Å². The number of methoxy groups -OCH3 is 2.